The summed E-state index contributed by atoms with van der Waals surface area (Å²) in [5, 5.41) is 44.7. The highest BCUT2D eigenvalue weighted by Crippen LogP contribution is 2.32. The second-order valence-electron chi connectivity index (χ2n) is 35.5. The molecule has 9 rings (SSSR count). The highest BCUT2D eigenvalue weighted by Gasteiger charge is 2.46. The molecule has 14 atom stereocenters. The minimum absolute atomic E-state index is 0.00310. The van der Waals surface area contributed by atoms with Crippen molar-refractivity contribution < 1.29 is 91.4 Å². The molecule has 3 aromatic carbocycles. The number of Topliss-reactive ketones (excluding diaryl/α,β-unsaturated/α-hetero) is 2. The zero-order valence-electron chi connectivity index (χ0n) is 78.6. The number of carbonyl (C=O) groups is 17. The SMILES string of the molecule is CCCC[C@H]1C(=O)N(C)[C@@H](CCCC)C(=O)N[C@@H](CCCNC(=N)N)C(=O)N[C@H](C(=O)NCC(N)=O)CSCC(=O)N[C@@H](Cc2ccccc2OC)C(=O)N(C)[C@@H](C)C(=O)N[C@@H](CC(N)=O)C(=O)N2CCC[C@H]2C(=O)N[C@@H](Cc2cnc[nH]2)C(=O)N[C@@H](CC(C)C)C(=O)N2CCC[C@H]2C(=O)C[C@@H](Cc2c[nH]c3ccccc23)C(=O)N[C@@H](CO)C(=O)C[C@@H](Cc2c[nH]c3ccccc23)C(=O)N1C. The lowest BCUT2D eigenvalue weighted by atomic mass is 9.88. The first kappa shape index (κ1) is 106. The van der Waals surface area contributed by atoms with Crippen LogP contribution in [0.1, 0.15) is 160 Å². The molecule has 6 aromatic rings. The first-order valence-electron chi connectivity index (χ1n) is 46.3. The molecule has 3 saturated heterocycles. The third-order valence-electron chi connectivity index (χ3n) is 25.1. The maximum absolute atomic E-state index is 15.8. The second-order valence-corrected chi connectivity index (χ2v) is 36.6. The monoisotopic (exact) mass is 1900 g/mol. The van der Waals surface area contributed by atoms with Gasteiger partial charge in [-0.1, -0.05) is 108 Å². The van der Waals surface area contributed by atoms with Crippen molar-refractivity contribution in [2.45, 2.75) is 236 Å². The summed E-state index contributed by atoms with van der Waals surface area (Å²) in [6, 6.07) is 3.47. The number of aliphatic hydroxyl groups is 1. The number of likely N-dealkylation sites (N-methyl/N-ethyl adjacent to an activating group) is 3. The fraction of sp³-hybridized carbons (Fsp3) is 0.543. The maximum Gasteiger partial charge on any atom is 0.246 e. The van der Waals surface area contributed by atoms with Gasteiger partial charge in [0, 0.05) is 130 Å². The van der Waals surface area contributed by atoms with Gasteiger partial charge in [0.2, 0.25) is 88.6 Å². The van der Waals surface area contributed by atoms with Crippen molar-refractivity contribution in [1.29, 1.82) is 5.41 Å². The van der Waals surface area contributed by atoms with Gasteiger partial charge < -0.3 is 114 Å². The summed E-state index contributed by atoms with van der Waals surface area (Å²) in [4.78, 5) is 271. The zero-order chi connectivity index (χ0) is 99.1. The van der Waals surface area contributed by atoms with Crippen LogP contribution in [0.4, 0.5) is 0 Å². The predicted molar refractivity (Wildman–Crippen MR) is 506 cm³/mol. The average molecular weight is 1910 g/mol. The van der Waals surface area contributed by atoms with Crippen molar-refractivity contribution in [3.63, 3.8) is 0 Å². The summed E-state index contributed by atoms with van der Waals surface area (Å²) in [5.41, 5.74) is 20.3. The van der Waals surface area contributed by atoms with Crippen LogP contribution in [0.2, 0.25) is 0 Å². The van der Waals surface area contributed by atoms with Crippen LogP contribution < -0.4 is 69.8 Å². The number of guanidine groups is 1. The molecule has 6 heterocycles. The molecule has 0 spiro atoms. The lowest BCUT2D eigenvalue weighted by Crippen LogP contribution is -2.60. The molecular formula is C94H132N22O19S. The molecule has 0 unspecified atom stereocenters. The Balaban J connectivity index is 1.10. The molecule has 0 radical (unpaired) electrons. The molecular weight excluding hydrogens is 1770 g/mol. The number of nitrogens with zero attached hydrogens (tertiary/aromatic N) is 6. The minimum atomic E-state index is -1.75. The smallest absolute Gasteiger partial charge is 0.246 e. The van der Waals surface area contributed by atoms with Crippen molar-refractivity contribution in [1.82, 2.24) is 92.3 Å². The number of hydrogen-bond donors (Lipinski definition) is 17. The number of primary amides is 2. The molecule has 136 heavy (non-hydrogen) atoms. The number of aliphatic hydroxyl groups excluding tert-OH is 1. The third kappa shape index (κ3) is 29.4. The van der Waals surface area contributed by atoms with Crippen LogP contribution in [-0.4, -0.2) is 301 Å². The fourth-order valence-corrected chi connectivity index (χ4v) is 18.4. The van der Waals surface area contributed by atoms with Gasteiger partial charge in [-0.15, -0.1) is 11.8 Å². The minimum Gasteiger partial charge on any atom is -0.496 e. The number of nitrogens with two attached hydrogens (primary N) is 3. The van der Waals surface area contributed by atoms with Gasteiger partial charge in [-0.2, -0.15) is 0 Å². The third-order valence-corrected chi connectivity index (χ3v) is 26.2. The Labute approximate surface area is 793 Å². The van der Waals surface area contributed by atoms with Crippen molar-refractivity contribution >= 4 is 140 Å². The fourth-order valence-electron chi connectivity index (χ4n) is 17.6. The van der Waals surface area contributed by atoms with Crippen LogP contribution in [-0.2, 0) is 107 Å². The quantitative estimate of drug-likeness (QED) is 0.0191. The van der Waals surface area contributed by atoms with E-state index >= 15 is 47.9 Å². The molecule has 41 nitrogen and oxygen atoms in total. The molecule has 3 fully saturated rings. The molecule has 42 heteroatoms. The van der Waals surface area contributed by atoms with Crippen molar-refractivity contribution in [3.05, 3.63) is 120 Å². The van der Waals surface area contributed by atoms with Crippen LogP contribution in [0.5, 0.6) is 5.75 Å². The summed E-state index contributed by atoms with van der Waals surface area (Å²) < 4.78 is 5.62. The number of fused-ring (bicyclic) bond motifs is 4. The van der Waals surface area contributed by atoms with Crippen LogP contribution in [0.15, 0.2) is 97.7 Å². The van der Waals surface area contributed by atoms with E-state index in [-0.39, 0.29) is 103 Å². The van der Waals surface area contributed by atoms with Gasteiger partial charge in [-0.3, -0.25) is 86.9 Å². The molecule has 15 amide bonds. The topological polar surface area (TPSA) is 606 Å². The van der Waals surface area contributed by atoms with E-state index in [9.17, 15) is 38.7 Å². The Morgan fingerprint density at radius 2 is 1.12 bits per heavy atom. The Morgan fingerprint density at radius 1 is 0.551 bits per heavy atom. The number of amides is 15. The molecule has 0 bridgehead atoms. The lowest BCUT2D eigenvalue weighted by Gasteiger charge is -2.36. The number of H-pyrrole nitrogens is 3. The standard InChI is InChI=1S/C94H132N22O19S/c1-10-12-29-73-87(128)106-65(28-20-34-100-94(97)98)85(126)111-71(84(125)103-48-80(96)121)50-136-51-81(122)105-68(40-55-23-14-19-33-78(55)135-9)90(131)112(6)54(5)82(123)108-69(44-79(95)120)92(133)116-36-22-32-74(116)88(129)107-66(43-60-47-99-52-104-60)86(127)109-67(37-53(3)4)91(132)115-35-21-31-72(115)77(119)41-56(38-58-45-101-63-26-17-15-24-61(58)63)83(124)110-70(49-117)76(118)42-57(39-59-46-102-64-27-18-16-25-62(59)64)89(130)114(8)75(30-13-11-2)93(134)113(73)7/h14-19,23-27,33,45-47,52-54,56-57,65-75,101-102,117H,10-13,20-22,28-32,34-44,48-51H2,1-9H3,(H2,95,120)(H2,96,121)(H,99,104)(H,103,125)(H,105,122)(H,106,128)(H,107,129)(H,108,123)(H,109,127)(H,110,124)(H,111,126)(H4,97,98,100)/t54-,56+,57+,65-,66-,67-,68-,69-,70-,71-,72-,73-,74-,75-/m0/s1. The summed E-state index contributed by atoms with van der Waals surface area (Å²) in [5.74, 6) is -18.3. The van der Waals surface area contributed by atoms with Gasteiger partial charge in [-0.25, -0.2) is 4.98 Å². The van der Waals surface area contributed by atoms with Crippen molar-refractivity contribution in [2.75, 3.05) is 72.5 Å². The second kappa shape index (κ2) is 51.4. The Morgan fingerprint density at radius 3 is 1.73 bits per heavy atom. The number of rotatable bonds is 27. The van der Waals surface area contributed by atoms with E-state index in [4.69, 9.17) is 27.3 Å². The maximum atomic E-state index is 15.8. The van der Waals surface area contributed by atoms with E-state index in [0.717, 1.165) is 21.6 Å². The number of thioether (sulfide) groups is 1. The van der Waals surface area contributed by atoms with Gasteiger partial charge in [0.25, 0.3) is 0 Å². The predicted octanol–water partition coefficient (Wildman–Crippen LogP) is 0.585. The lowest BCUT2D eigenvalue weighted by molar-refractivity contribution is -0.150. The number of hydrogen-bond acceptors (Lipinski definition) is 22. The number of aromatic amines is 3. The van der Waals surface area contributed by atoms with Crippen LogP contribution in [0, 0.1) is 23.2 Å². The normalized spacial score (nSPS) is 24.2. The van der Waals surface area contributed by atoms with E-state index in [1.807, 2.05) is 64.1 Å². The summed E-state index contributed by atoms with van der Waals surface area (Å²) in [6.45, 7) is 6.93. The Kier molecular flexibility index (Phi) is 40.2. The largest absolute Gasteiger partial charge is 0.496 e. The van der Waals surface area contributed by atoms with E-state index in [1.54, 1.807) is 48.8 Å². The first-order valence-corrected chi connectivity index (χ1v) is 47.5. The van der Waals surface area contributed by atoms with Crippen LogP contribution in [0.3, 0.4) is 0 Å². The molecule has 3 aliphatic heterocycles. The number of aromatic nitrogens is 4. The molecule has 20 N–H and O–H groups in total. The summed E-state index contributed by atoms with van der Waals surface area (Å²) in [6.07, 6.45) is 5.84. The molecule has 0 saturated carbocycles. The van der Waals surface area contributed by atoms with Crippen molar-refractivity contribution in [2.24, 2.45) is 35.0 Å². The van der Waals surface area contributed by atoms with Gasteiger partial charge >= 0.3 is 0 Å². The van der Waals surface area contributed by atoms with Gasteiger partial charge in [0.1, 0.15) is 72.2 Å². The molecule has 738 valence electrons. The number of ketones is 2. The number of imidazole rings is 1. The van der Waals surface area contributed by atoms with E-state index in [1.165, 1.54) is 62.4 Å². The number of ether oxygens (including phenoxy) is 1. The number of methoxy groups -OCH3 is 1. The van der Waals surface area contributed by atoms with E-state index in [2.05, 4.69) is 67.8 Å². The Hall–Kier alpha value is -13.3. The number of para-hydroxylation sites is 3. The number of benzene rings is 3. The highest BCUT2D eigenvalue weighted by molar-refractivity contribution is 8.00. The highest BCUT2D eigenvalue weighted by atomic mass is 32.2. The van der Waals surface area contributed by atoms with Crippen molar-refractivity contribution in [3.8, 4) is 5.75 Å². The van der Waals surface area contributed by atoms with Gasteiger partial charge in [0.15, 0.2) is 17.5 Å². The average Bonchev–Trinajstić information content (AvgIpc) is 1.55. The van der Waals surface area contributed by atoms with Crippen LogP contribution >= 0.6 is 11.8 Å². The zero-order valence-corrected chi connectivity index (χ0v) is 79.4. The molecule has 0 aliphatic carbocycles. The van der Waals surface area contributed by atoms with E-state index in [0.29, 0.717) is 82.0 Å². The Bertz CT molecular complexity index is 5240. The number of nitrogens with one attached hydrogen (secondary N) is 13. The number of carbonyl (C=O) groups excluding carboxylic acids is 17. The van der Waals surface area contributed by atoms with Crippen LogP contribution in [0.25, 0.3) is 21.8 Å². The molecule has 3 aliphatic rings. The number of unbranched alkanes of at least 4 members (excludes halogenated alkanes) is 2. The summed E-state index contributed by atoms with van der Waals surface area (Å²) in [7, 11) is 5.42. The van der Waals surface area contributed by atoms with E-state index < -0.39 is 234 Å². The van der Waals surface area contributed by atoms with Gasteiger partial charge in [-0.05, 0) is 118 Å². The molecule has 3 aromatic heterocycles. The summed E-state index contributed by atoms with van der Waals surface area (Å²) >= 11 is 0.786. The van der Waals surface area contributed by atoms with Gasteiger partial charge in [0.05, 0.1) is 44.8 Å². The first-order chi connectivity index (χ1) is 64.9.